The van der Waals surface area contributed by atoms with E-state index in [-0.39, 0.29) is 34.3 Å². The molecule has 2 aromatic heterocycles. The van der Waals surface area contributed by atoms with E-state index in [9.17, 15) is 29.3 Å². The minimum Gasteiger partial charge on any atom is -0.462 e. The molecule has 11 nitrogen and oxygen atoms in total. The van der Waals surface area contributed by atoms with Crippen molar-refractivity contribution in [3.63, 3.8) is 0 Å². The summed E-state index contributed by atoms with van der Waals surface area (Å²) in [4.78, 5) is 59.2. The summed E-state index contributed by atoms with van der Waals surface area (Å²) < 4.78 is 10.8. The number of rotatable bonds is 8. The molecule has 1 amide bonds. The van der Waals surface area contributed by atoms with E-state index in [0.29, 0.717) is 5.56 Å². The predicted octanol–water partition coefficient (Wildman–Crippen LogP) is 2.12. The number of nitrogens with one attached hydrogen (secondary N) is 1. The summed E-state index contributed by atoms with van der Waals surface area (Å²) in [7, 11) is 0. The molecule has 1 N–H and O–H groups in total. The van der Waals surface area contributed by atoms with E-state index >= 15 is 0 Å². The molecule has 0 unspecified atom stereocenters. The highest BCUT2D eigenvalue weighted by molar-refractivity contribution is 7.18. The van der Waals surface area contributed by atoms with Gasteiger partial charge < -0.3 is 14.8 Å². The average molecular weight is 437 g/mol. The van der Waals surface area contributed by atoms with Crippen LogP contribution in [0.4, 0.5) is 10.7 Å². The number of pyridine rings is 1. The molecule has 0 aliphatic carbocycles. The number of amides is 1. The molecular weight excluding hydrogens is 418 g/mol. The fourth-order valence-corrected chi connectivity index (χ4v) is 3.62. The van der Waals surface area contributed by atoms with Crippen LogP contribution in [0.25, 0.3) is 0 Å². The van der Waals surface area contributed by atoms with Gasteiger partial charge in [0.25, 0.3) is 11.2 Å². The topological polar surface area (TPSA) is 147 Å². The van der Waals surface area contributed by atoms with Crippen LogP contribution in [-0.4, -0.2) is 40.5 Å². The van der Waals surface area contributed by atoms with Crippen LogP contribution < -0.4 is 10.9 Å². The van der Waals surface area contributed by atoms with Gasteiger partial charge in [0.2, 0.25) is 5.91 Å². The van der Waals surface area contributed by atoms with Gasteiger partial charge in [-0.25, -0.2) is 9.59 Å². The number of esters is 2. The normalized spacial score (nSPS) is 10.4. The molecule has 2 aromatic rings. The number of carbonyl (C=O) groups is 3. The maximum absolute atomic E-state index is 12.5. The summed E-state index contributed by atoms with van der Waals surface area (Å²) in [5, 5.41) is 13.4. The summed E-state index contributed by atoms with van der Waals surface area (Å²) in [6.45, 7) is 4.44. The van der Waals surface area contributed by atoms with Crippen molar-refractivity contribution in [3.05, 3.63) is 54.8 Å². The molecule has 0 saturated carbocycles. The number of aromatic nitrogens is 1. The number of carbonyl (C=O) groups excluding carboxylic acids is 3. The molecule has 0 aliphatic heterocycles. The van der Waals surface area contributed by atoms with E-state index < -0.39 is 34.9 Å². The van der Waals surface area contributed by atoms with Crippen LogP contribution in [0, 0.1) is 17.0 Å². The number of ether oxygens (including phenoxy) is 2. The molecule has 2 rings (SSSR count). The highest BCUT2D eigenvalue weighted by atomic mass is 32.1. The van der Waals surface area contributed by atoms with E-state index in [1.54, 1.807) is 13.8 Å². The zero-order valence-electron chi connectivity index (χ0n) is 16.4. The van der Waals surface area contributed by atoms with Crippen molar-refractivity contribution in [1.82, 2.24) is 4.57 Å². The minimum absolute atomic E-state index is 0.00430. The lowest BCUT2D eigenvalue weighted by Gasteiger charge is -2.08. The fourth-order valence-electron chi connectivity index (χ4n) is 2.51. The van der Waals surface area contributed by atoms with E-state index in [2.05, 4.69) is 5.32 Å². The zero-order chi connectivity index (χ0) is 22.4. The Hall–Kier alpha value is -3.54. The summed E-state index contributed by atoms with van der Waals surface area (Å²) in [5.74, 6) is -2.11. The van der Waals surface area contributed by atoms with Gasteiger partial charge in [0, 0.05) is 12.1 Å². The summed E-state index contributed by atoms with van der Waals surface area (Å²) >= 11 is 0.837. The Morgan fingerprint density at radius 3 is 2.40 bits per heavy atom. The number of hydrogen-bond acceptors (Lipinski definition) is 9. The van der Waals surface area contributed by atoms with Crippen molar-refractivity contribution in [1.29, 1.82) is 0 Å². The molecule has 0 radical (unpaired) electrons. The summed E-state index contributed by atoms with van der Waals surface area (Å²) in [5.41, 5.74) is -0.675. The van der Waals surface area contributed by atoms with Crippen LogP contribution in [0.1, 0.15) is 39.4 Å². The second-order valence-electron chi connectivity index (χ2n) is 5.86. The molecule has 2 heterocycles. The maximum atomic E-state index is 12.5. The Morgan fingerprint density at radius 1 is 1.17 bits per heavy atom. The van der Waals surface area contributed by atoms with Crippen LogP contribution in [0.5, 0.6) is 0 Å². The number of thiophene rings is 1. The van der Waals surface area contributed by atoms with Crippen LogP contribution in [0.3, 0.4) is 0 Å². The van der Waals surface area contributed by atoms with E-state index in [1.807, 2.05) is 0 Å². The number of nitro groups is 1. The second kappa shape index (κ2) is 9.78. The molecular formula is C18H19N3O8S. The lowest BCUT2D eigenvalue weighted by molar-refractivity contribution is -0.385. The summed E-state index contributed by atoms with van der Waals surface area (Å²) in [6.07, 6.45) is 0.942. The molecule has 0 saturated heterocycles. The molecule has 0 aliphatic rings. The third kappa shape index (κ3) is 5.08. The number of hydrogen-bond donors (Lipinski definition) is 1. The van der Waals surface area contributed by atoms with E-state index in [0.717, 1.165) is 34.2 Å². The first-order chi connectivity index (χ1) is 14.2. The van der Waals surface area contributed by atoms with Crippen molar-refractivity contribution in [2.75, 3.05) is 18.5 Å². The van der Waals surface area contributed by atoms with Gasteiger partial charge in [-0.3, -0.25) is 24.3 Å². The van der Waals surface area contributed by atoms with Crippen LogP contribution in [0.15, 0.2) is 23.1 Å². The summed E-state index contributed by atoms with van der Waals surface area (Å²) in [6, 6.07) is 2.01. The van der Waals surface area contributed by atoms with Crippen molar-refractivity contribution < 1.29 is 28.8 Å². The third-order valence-corrected chi connectivity index (χ3v) is 5.02. The SMILES string of the molecule is CCOC(=O)c1sc(NC(=O)Cn2cc([N+](=O)[O-])ccc2=O)c(C(=O)OCC)c1C. The van der Waals surface area contributed by atoms with E-state index in [4.69, 9.17) is 9.47 Å². The first kappa shape index (κ1) is 22.7. The fraction of sp³-hybridized carbons (Fsp3) is 0.333. The van der Waals surface area contributed by atoms with Gasteiger partial charge in [-0.1, -0.05) is 0 Å². The molecule has 0 aromatic carbocycles. The minimum atomic E-state index is -0.732. The second-order valence-corrected chi connectivity index (χ2v) is 6.88. The van der Waals surface area contributed by atoms with Crippen molar-refractivity contribution >= 4 is 39.9 Å². The lowest BCUT2D eigenvalue weighted by Crippen LogP contribution is -2.27. The molecule has 0 atom stereocenters. The Morgan fingerprint density at radius 2 is 1.80 bits per heavy atom. The molecule has 12 heteroatoms. The van der Waals surface area contributed by atoms with Crippen LogP contribution in [0.2, 0.25) is 0 Å². The van der Waals surface area contributed by atoms with Gasteiger partial charge >= 0.3 is 11.9 Å². The highest BCUT2D eigenvalue weighted by Gasteiger charge is 2.27. The smallest absolute Gasteiger partial charge is 0.348 e. The van der Waals surface area contributed by atoms with E-state index in [1.165, 1.54) is 6.92 Å². The number of anilines is 1. The monoisotopic (exact) mass is 437 g/mol. The van der Waals surface area contributed by atoms with Gasteiger partial charge in [0.05, 0.1) is 29.9 Å². The lowest BCUT2D eigenvalue weighted by atomic mass is 10.1. The van der Waals surface area contributed by atoms with Gasteiger partial charge in [-0.2, -0.15) is 0 Å². The third-order valence-electron chi connectivity index (χ3n) is 3.83. The standard InChI is InChI=1S/C18H19N3O8S/c1-4-28-17(24)14-10(3)15(18(25)29-5-2)30-16(14)19-12(22)9-20-8-11(21(26)27)6-7-13(20)23/h6-8H,4-5,9H2,1-3H3,(H,19,22). The number of nitrogens with zero attached hydrogens (tertiary/aromatic N) is 2. The van der Waals surface area contributed by atoms with Crippen LogP contribution in [-0.2, 0) is 20.8 Å². The molecule has 0 spiro atoms. The van der Waals surface area contributed by atoms with Crippen LogP contribution >= 0.6 is 11.3 Å². The van der Waals surface area contributed by atoms with Crippen molar-refractivity contribution in [2.45, 2.75) is 27.3 Å². The molecule has 30 heavy (non-hydrogen) atoms. The Balaban J connectivity index is 2.35. The van der Waals surface area contributed by atoms with Gasteiger partial charge in [0.1, 0.15) is 16.4 Å². The van der Waals surface area contributed by atoms with Crippen molar-refractivity contribution in [3.8, 4) is 0 Å². The first-order valence-corrected chi connectivity index (χ1v) is 9.63. The largest absolute Gasteiger partial charge is 0.462 e. The van der Waals surface area contributed by atoms with Gasteiger partial charge in [-0.15, -0.1) is 11.3 Å². The zero-order valence-corrected chi connectivity index (χ0v) is 17.2. The maximum Gasteiger partial charge on any atom is 0.348 e. The van der Waals surface area contributed by atoms with Gasteiger partial charge in [0.15, 0.2) is 0 Å². The highest BCUT2D eigenvalue weighted by Crippen LogP contribution is 2.34. The first-order valence-electron chi connectivity index (χ1n) is 8.81. The predicted molar refractivity (Wildman–Crippen MR) is 107 cm³/mol. The molecule has 160 valence electrons. The quantitative estimate of drug-likeness (QED) is 0.375. The Kier molecular flexibility index (Phi) is 7.42. The van der Waals surface area contributed by atoms with Gasteiger partial charge in [-0.05, 0) is 26.3 Å². The molecule has 0 fully saturated rings. The molecule has 0 bridgehead atoms. The average Bonchev–Trinajstić information content (AvgIpc) is 2.99. The Bertz CT molecular complexity index is 1060. The Labute approximate surface area is 174 Å². The van der Waals surface area contributed by atoms with Crippen molar-refractivity contribution in [2.24, 2.45) is 0 Å².